The highest BCUT2D eigenvalue weighted by atomic mass is 32.2. The standard InChI is InChI=1S/C13H23N3O3S/c1-4-8-14-13-6-5-12(10-15-13)20(17,18)16-11(2)7-9-19-3/h5-6,10-11,16H,4,7-9H2,1-3H3,(H,14,15). The topological polar surface area (TPSA) is 80.3 Å². The third kappa shape index (κ3) is 5.44. The summed E-state index contributed by atoms with van der Waals surface area (Å²) in [5, 5.41) is 3.10. The summed E-state index contributed by atoms with van der Waals surface area (Å²) in [5.74, 6) is 0.679. The molecule has 0 spiro atoms. The van der Waals surface area contributed by atoms with E-state index < -0.39 is 10.0 Å². The highest BCUT2D eigenvalue weighted by Gasteiger charge is 2.17. The van der Waals surface area contributed by atoms with Gasteiger partial charge in [0, 0.05) is 32.5 Å². The van der Waals surface area contributed by atoms with Crippen molar-refractivity contribution >= 4 is 15.8 Å². The van der Waals surface area contributed by atoms with E-state index in [2.05, 4.69) is 21.9 Å². The average Bonchev–Trinajstić information content (AvgIpc) is 2.43. The number of hydrogen-bond donors (Lipinski definition) is 2. The molecular weight excluding hydrogens is 278 g/mol. The molecular formula is C13H23N3O3S. The molecule has 0 radical (unpaired) electrons. The molecule has 0 aromatic carbocycles. The Labute approximate surface area is 121 Å². The van der Waals surface area contributed by atoms with Gasteiger partial charge in [0.05, 0.1) is 0 Å². The Kier molecular flexibility index (Phi) is 6.90. The van der Waals surface area contributed by atoms with Gasteiger partial charge in [0.25, 0.3) is 0 Å². The molecule has 0 bridgehead atoms. The molecule has 1 unspecified atom stereocenters. The molecule has 0 amide bonds. The molecule has 1 aromatic rings. The number of ether oxygens (including phenoxy) is 1. The monoisotopic (exact) mass is 301 g/mol. The van der Waals surface area contributed by atoms with Gasteiger partial charge >= 0.3 is 0 Å². The number of sulfonamides is 1. The number of pyridine rings is 1. The van der Waals surface area contributed by atoms with Crippen molar-refractivity contribution < 1.29 is 13.2 Å². The maximum absolute atomic E-state index is 12.1. The van der Waals surface area contributed by atoms with Crippen LogP contribution < -0.4 is 10.0 Å². The molecule has 0 aliphatic rings. The fourth-order valence-corrected chi connectivity index (χ4v) is 2.81. The van der Waals surface area contributed by atoms with Gasteiger partial charge in [-0.15, -0.1) is 0 Å². The van der Waals surface area contributed by atoms with Crippen LogP contribution in [0.25, 0.3) is 0 Å². The van der Waals surface area contributed by atoms with Gasteiger partial charge in [0.2, 0.25) is 10.0 Å². The summed E-state index contributed by atoms with van der Waals surface area (Å²) in [6, 6.07) is 3.04. The number of nitrogens with zero attached hydrogens (tertiary/aromatic N) is 1. The summed E-state index contributed by atoms with van der Waals surface area (Å²) >= 11 is 0. The van der Waals surface area contributed by atoms with Crippen molar-refractivity contribution in [1.82, 2.24) is 9.71 Å². The fourth-order valence-electron chi connectivity index (χ4n) is 1.58. The van der Waals surface area contributed by atoms with Gasteiger partial charge in [-0.1, -0.05) is 6.92 Å². The van der Waals surface area contributed by atoms with Crippen molar-refractivity contribution in [1.29, 1.82) is 0 Å². The average molecular weight is 301 g/mol. The normalized spacial score (nSPS) is 13.2. The second kappa shape index (κ2) is 8.18. The molecule has 20 heavy (non-hydrogen) atoms. The van der Waals surface area contributed by atoms with Gasteiger partial charge in [-0.3, -0.25) is 0 Å². The first kappa shape index (κ1) is 16.9. The van der Waals surface area contributed by atoms with Crippen molar-refractivity contribution in [2.24, 2.45) is 0 Å². The molecule has 0 aliphatic heterocycles. The number of hydrogen-bond acceptors (Lipinski definition) is 5. The fraction of sp³-hybridized carbons (Fsp3) is 0.615. The molecule has 1 heterocycles. The molecule has 0 aliphatic carbocycles. The highest BCUT2D eigenvalue weighted by molar-refractivity contribution is 7.89. The van der Waals surface area contributed by atoms with E-state index in [1.807, 2.05) is 0 Å². The summed E-state index contributed by atoms with van der Waals surface area (Å²) in [7, 11) is -1.93. The molecule has 0 fully saturated rings. The van der Waals surface area contributed by atoms with E-state index in [0.717, 1.165) is 13.0 Å². The van der Waals surface area contributed by atoms with Crippen LogP contribution >= 0.6 is 0 Å². The van der Waals surface area contributed by atoms with E-state index in [9.17, 15) is 8.42 Å². The minimum absolute atomic E-state index is 0.170. The maximum Gasteiger partial charge on any atom is 0.242 e. The summed E-state index contributed by atoms with van der Waals surface area (Å²) < 4.78 is 31.8. The van der Waals surface area contributed by atoms with Crippen LogP contribution in [-0.2, 0) is 14.8 Å². The zero-order valence-corrected chi connectivity index (χ0v) is 13.0. The molecule has 1 rings (SSSR count). The van der Waals surface area contributed by atoms with Crippen LogP contribution in [-0.4, -0.2) is 39.7 Å². The van der Waals surface area contributed by atoms with Crippen LogP contribution in [0.1, 0.15) is 26.7 Å². The van der Waals surface area contributed by atoms with Crippen LogP contribution in [0.5, 0.6) is 0 Å². The lowest BCUT2D eigenvalue weighted by atomic mass is 10.3. The van der Waals surface area contributed by atoms with Gasteiger partial charge < -0.3 is 10.1 Å². The van der Waals surface area contributed by atoms with Crippen LogP contribution in [0.15, 0.2) is 23.2 Å². The predicted molar refractivity (Wildman–Crippen MR) is 79.3 cm³/mol. The lowest BCUT2D eigenvalue weighted by molar-refractivity contribution is 0.188. The number of nitrogens with one attached hydrogen (secondary N) is 2. The lowest BCUT2D eigenvalue weighted by Gasteiger charge is -2.13. The zero-order chi connectivity index (χ0) is 15.0. The maximum atomic E-state index is 12.1. The quantitative estimate of drug-likeness (QED) is 0.724. The van der Waals surface area contributed by atoms with Crippen LogP contribution in [0.3, 0.4) is 0 Å². The Hall–Kier alpha value is -1.18. The number of aromatic nitrogens is 1. The second-order valence-corrected chi connectivity index (χ2v) is 6.32. The van der Waals surface area contributed by atoms with Gasteiger partial charge in [0.1, 0.15) is 10.7 Å². The molecule has 7 heteroatoms. The van der Waals surface area contributed by atoms with E-state index in [1.54, 1.807) is 26.2 Å². The van der Waals surface area contributed by atoms with Gasteiger partial charge in [-0.2, -0.15) is 0 Å². The number of rotatable bonds is 9. The van der Waals surface area contributed by atoms with E-state index in [-0.39, 0.29) is 10.9 Å². The Bertz CT molecular complexity index is 488. The smallest absolute Gasteiger partial charge is 0.242 e. The van der Waals surface area contributed by atoms with E-state index in [1.165, 1.54) is 6.20 Å². The second-order valence-electron chi connectivity index (χ2n) is 4.61. The Balaban J connectivity index is 2.67. The molecule has 2 N–H and O–H groups in total. The SMILES string of the molecule is CCCNc1ccc(S(=O)(=O)NC(C)CCOC)cn1. The Morgan fingerprint density at radius 3 is 2.70 bits per heavy atom. The minimum Gasteiger partial charge on any atom is -0.385 e. The Morgan fingerprint density at radius 2 is 2.15 bits per heavy atom. The predicted octanol–water partition coefficient (Wildman–Crippen LogP) is 1.61. The highest BCUT2D eigenvalue weighted by Crippen LogP contribution is 2.11. The lowest BCUT2D eigenvalue weighted by Crippen LogP contribution is -2.33. The van der Waals surface area contributed by atoms with E-state index >= 15 is 0 Å². The molecule has 0 saturated heterocycles. The summed E-state index contributed by atoms with van der Waals surface area (Å²) in [6.45, 7) is 5.19. The van der Waals surface area contributed by atoms with Gasteiger partial charge in [-0.05, 0) is 31.9 Å². The first-order valence-electron chi connectivity index (χ1n) is 6.70. The third-order valence-electron chi connectivity index (χ3n) is 2.71. The first-order valence-corrected chi connectivity index (χ1v) is 8.19. The van der Waals surface area contributed by atoms with Crippen molar-refractivity contribution in [2.75, 3.05) is 25.6 Å². The molecule has 1 aromatic heterocycles. The van der Waals surface area contributed by atoms with Crippen molar-refractivity contribution in [3.05, 3.63) is 18.3 Å². The Morgan fingerprint density at radius 1 is 1.40 bits per heavy atom. The molecule has 6 nitrogen and oxygen atoms in total. The third-order valence-corrected chi connectivity index (χ3v) is 4.29. The van der Waals surface area contributed by atoms with Crippen LogP contribution in [0, 0.1) is 0 Å². The minimum atomic E-state index is -3.52. The zero-order valence-electron chi connectivity index (χ0n) is 12.2. The van der Waals surface area contributed by atoms with E-state index in [0.29, 0.717) is 18.8 Å². The summed E-state index contributed by atoms with van der Waals surface area (Å²) in [5.41, 5.74) is 0. The molecule has 0 saturated carbocycles. The molecule has 114 valence electrons. The van der Waals surface area contributed by atoms with E-state index in [4.69, 9.17) is 4.74 Å². The number of anilines is 1. The van der Waals surface area contributed by atoms with Crippen LogP contribution in [0.2, 0.25) is 0 Å². The van der Waals surface area contributed by atoms with Crippen molar-refractivity contribution in [2.45, 2.75) is 37.6 Å². The first-order chi connectivity index (χ1) is 9.49. The van der Waals surface area contributed by atoms with Crippen LogP contribution in [0.4, 0.5) is 5.82 Å². The molecule has 1 atom stereocenters. The van der Waals surface area contributed by atoms with Crippen molar-refractivity contribution in [3.8, 4) is 0 Å². The summed E-state index contributed by atoms with van der Waals surface area (Å²) in [4.78, 5) is 4.27. The summed E-state index contributed by atoms with van der Waals surface area (Å²) in [6.07, 6.45) is 2.98. The van der Waals surface area contributed by atoms with Crippen molar-refractivity contribution in [3.63, 3.8) is 0 Å². The van der Waals surface area contributed by atoms with Gasteiger partial charge in [0.15, 0.2) is 0 Å². The van der Waals surface area contributed by atoms with Gasteiger partial charge in [-0.25, -0.2) is 18.1 Å². The largest absolute Gasteiger partial charge is 0.385 e. The number of methoxy groups -OCH3 is 1.